The molecule has 1 saturated carbocycles. The Balaban J connectivity index is 1.94. The lowest BCUT2D eigenvalue weighted by molar-refractivity contribution is -0.137. The van der Waals surface area contributed by atoms with E-state index < -0.39 is 16.0 Å². The Morgan fingerprint density at radius 3 is 2.65 bits per heavy atom. The summed E-state index contributed by atoms with van der Waals surface area (Å²) in [5, 5.41) is 13.0. The summed E-state index contributed by atoms with van der Waals surface area (Å²) in [4.78, 5) is 15.4. The van der Waals surface area contributed by atoms with E-state index in [1.54, 1.807) is 0 Å². The molecule has 0 spiro atoms. The first kappa shape index (κ1) is 20.8. The Bertz CT molecular complexity index is 682. The Morgan fingerprint density at radius 1 is 1.35 bits per heavy atom. The predicted molar refractivity (Wildman–Crippen MR) is 96.0 cm³/mol. The van der Waals surface area contributed by atoms with Gasteiger partial charge in [0.25, 0.3) is 0 Å². The molecule has 1 aliphatic carbocycles. The van der Waals surface area contributed by atoms with Gasteiger partial charge in [-0.3, -0.25) is 4.79 Å². The monoisotopic (exact) mass is 387 g/mol. The van der Waals surface area contributed by atoms with Crippen LogP contribution in [0.25, 0.3) is 0 Å². The van der Waals surface area contributed by atoms with Crippen molar-refractivity contribution in [3.8, 4) is 0 Å². The van der Waals surface area contributed by atoms with Crippen molar-refractivity contribution < 1.29 is 22.8 Å². The second kappa shape index (κ2) is 9.45. The maximum absolute atomic E-state index is 11.5. The highest BCUT2D eigenvalue weighted by Gasteiger charge is 2.24. The van der Waals surface area contributed by atoms with Gasteiger partial charge in [-0.25, -0.2) is 8.42 Å². The van der Waals surface area contributed by atoms with Gasteiger partial charge in [0.05, 0.1) is 19.2 Å². The molecule has 0 radical (unpaired) electrons. The van der Waals surface area contributed by atoms with Crippen molar-refractivity contribution in [2.24, 2.45) is 5.92 Å². The van der Waals surface area contributed by atoms with Crippen LogP contribution in [0.5, 0.6) is 0 Å². The fourth-order valence-electron chi connectivity index (χ4n) is 3.47. The molecule has 0 saturated heterocycles. The van der Waals surface area contributed by atoms with Crippen molar-refractivity contribution >= 4 is 16.0 Å². The van der Waals surface area contributed by atoms with Crippen LogP contribution in [0.2, 0.25) is 0 Å². The van der Waals surface area contributed by atoms with E-state index in [0.29, 0.717) is 6.42 Å². The number of nitrogens with zero attached hydrogens (tertiary/aromatic N) is 3. The molecule has 2 rings (SSSR count). The first-order valence-electron chi connectivity index (χ1n) is 9.21. The topological polar surface area (TPSA) is 114 Å². The van der Waals surface area contributed by atoms with Gasteiger partial charge >= 0.3 is 5.97 Å². The number of sulfonamides is 1. The average Bonchev–Trinajstić information content (AvgIpc) is 3.02. The molecule has 1 aromatic heterocycles. The smallest absolute Gasteiger partial charge is 0.304 e. The molecule has 1 N–H and O–H groups in total. The molecule has 8 nitrogen and oxygen atoms in total. The molecule has 1 fully saturated rings. The van der Waals surface area contributed by atoms with E-state index in [0.717, 1.165) is 29.3 Å². The van der Waals surface area contributed by atoms with Gasteiger partial charge in [-0.2, -0.15) is 9.29 Å². The Labute approximate surface area is 155 Å². The number of aliphatic carboxylic acids is 1. The average molecular weight is 388 g/mol. The largest absolute Gasteiger partial charge is 0.481 e. The fraction of sp³-hybridized carbons (Fsp3) is 0.824. The van der Waals surface area contributed by atoms with Crippen LogP contribution >= 0.6 is 0 Å². The van der Waals surface area contributed by atoms with Crippen molar-refractivity contribution in [2.75, 3.05) is 13.3 Å². The van der Waals surface area contributed by atoms with Crippen molar-refractivity contribution in [3.05, 3.63) is 11.7 Å². The van der Waals surface area contributed by atoms with Crippen LogP contribution in [0.3, 0.4) is 0 Å². The van der Waals surface area contributed by atoms with Crippen LogP contribution in [0.1, 0.15) is 75.4 Å². The number of carbonyl (C=O) groups is 1. The highest BCUT2D eigenvalue weighted by atomic mass is 32.2. The highest BCUT2D eigenvalue weighted by molar-refractivity contribution is 7.88. The zero-order valence-corrected chi connectivity index (χ0v) is 16.4. The molecule has 0 bridgehead atoms. The van der Waals surface area contributed by atoms with E-state index in [4.69, 9.17) is 4.52 Å². The van der Waals surface area contributed by atoms with Crippen LogP contribution in [0.4, 0.5) is 0 Å². The first-order valence-corrected chi connectivity index (χ1v) is 11.1. The van der Waals surface area contributed by atoms with Gasteiger partial charge < -0.3 is 9.63 Å². The Hall–Kier alpha value is -1.48. The summed E-state index contributed by atoms with van der Waals surface area (Å²) >= 11 is 0. The lowest BCUT2D eigenvalue weighted by Gasteiger charge is -2.21. The molecule has 1 aromatic rings. The minimum absolute atomic E-state index is 0.00417. The maximum Gasteiger partial charge on any atom is 0.304 e. The number of rotatable bonds is 10. The molecule has 1 atom stereocenters. The standard InChI is InChI=1S/C17H29N3O5S/c1-20(26(2,23)24)12-15-18-17(25-19-15)14(11-16(21)22)10-6-9-13-7-4-3-5-8-13/h13-14H,3-12H2,1-2H3,(H,21,22). The van der Waals surface area contributed by atoms with Gasteiger partial charge in [0, 0.05) is 13.0 Å². The number of hydrogen-bond acceptors (Lipinski definition) is 6. The quantitative estimate of drug-likeness (QED) is 0.656. The molecule has 1 unspecified atom stereocenters. The molecule has 0 aliphatic heterocycles. The SMILES string of the molecule is CN(Cc1noc(C(CCCC2CCCCC2)CC(=O)O)n1)S(C)(=O)=O. The summed E-state index contributed by atoms with van der Waals surface area (Å²) in [6, 6.07) is 0. The summed E-state index contributed by atoms with van der Waals surface area (Å²) in [5.74, 6) is 0.0426. The van der Waals surface area contributed by atoms with E-state index in [1.807, 2.05) is 0 Å². The summed E-state index contributed by atoms with van der Waals surface area (Å²) < 4.78 is 29.3. The lowest BCUT2D eigenvalue weighted by atomic mass is 9.84. The van der Waals surface area contributed by atoms with E-state index >= 15 is 0 Å². The van der Waals surface area contributed by atoms with Crippen LogP contribution in [-0.4, -0.2) is 47.2 Å². The lowest BCUT2D eigenvalue weighted by Crippen LogP contribution is -2.25. The normalized spacial score (nSPS) is 17.5. The van der Waals surface area contributed by atoms with Crippen molar-refractivity contribution in [2.45, 2.75) is 70.3 Å². The molecule has 0 amide bonds. The van der Waals surface area contributed by atoms with Crippen molar-refractivity contribution in [1.82, 2.24) is 14.4 Å². The predicted octanol–water partition coefficient (Wildman–Crippen LogP) is 2.77. The number of hydrogen-bond donors (Lipinski definition) is 1. The third-order valence-electron chi connectivity index (χ3n) is 5.07. The van der Waals surface area contributed by atoms with Crippen LogP contribution < -0.4 is 0 Å². The zero-order chi connectivity index (χ0) is 19.2. The first-order chi connectivity index (χ1) is 12.3. The molecule has 1 aliphatic rings. The minimum Gasteiger partial charge on any atom is -0.481 e. The van der Waals surface area contributed by atoms with E-state index in [-0.39, 0.29) is 30.6 Å². The number of carboxylic acids is 1. The van der Waals surface area contributed by atoms with Gasteiger partial charge in [-0.05, 0) is 12.3 Å². The van der Waals surface area contributed by atoms with Crippen molar-refractivity contribution in [3.63, 3.8) is 0 Å². The maximum atomic E-state index is 11.5. The molecule has 0 aromatic carbocycles. The fourth-order valence-corrected chi connectivity index (χ4v) is 3.82. The minimum atomic E-state index is -3.34. The number of carboxylic acid groups (broad SMARTS) is 1. The Morgan fingerprint density at radius 2 is 2.04 bits per heavy atom. The van der Waals surface area contributed by atoms with E-state index in [9.17, 15) is 18.3 Å². The molecular weight excluding hydrogens is 358 g/mol. The van der Waals surface area contributed by atoms with Gasteiger partial charge in [-0.15, -0.1) is 0 Å². The third kappa shape index (κ3) is 6.68. The third-order valence-corrected chi connectivity index (χ3v) is 6.34. The van der Waals surface area contributed by atoms with E-state index in [1.165, 1.54) is 39.2 Å². The van der Waals surface area contributed by atoms with Gasteiger partial charge in [0.15, 0.2) is 5.82 Å². The molecular formula is C17H29N3O5S. The summed E-state index contributed by atoms with van der Waals surface area (Å²) in [6.45, 7) is 0.00417. The van der Waals surface area contributed by atoms with Gasteiger partial charge in [-0.1, -0.05) is 50.1 Å². The molecule has 148 valence electrons. The second-order valence-electron chi connectivity index (χ2n) is 7.30. The molecule has 9 heteroatoms. The summed E-state index contributed by atoms with van der Waals surface area (Å²) in [5.41, 5.74) is 0. The van der Waals surface area contributed by atoms with Gasteiger partial charge in [0.1, 0.15) is 0 Å². The van der Waals surface area contributed by atoms with Crippen LogP contribution in [0.15, 0.2) is 4.52 Å². The van der Waals surface area contributed by atoms with Crippen LogP contribution in [-0.2, 0) is 21.4 Å². The molecule has 1 heterocycles. The van der Waals surface area contributed by atoms with Gasteiger partial charge in [0.2, 0.25) is 15.9 Å². The molecule has 26 heavy (non-hydrogen) atoms. The van der Waals surface area contributed by atoms with E-state index in [2.05, 4.69) is 10.1 Å². The zero-order valence-electron chi connectivity index (χ0n) is 15.6. The number of aromatic nitrogens is 2. The summed E-state index contributed by atoms with van der Waals surface area (Å²) in [6.07, 6.45) is 10.2. The second-order valence-corrected chi connectivity index (χ2v) is 9.39. The Kier molecular flexibility index (Phi) is 7.57. The van der Waals surface area contributed by atoms with Crippen molar-refractivity contribution in [1.29, 1.82) is 0 Å². The highest BCUT2D eigenvalue weighted by Crippen LogP contribution is 2.31. The van der Waals surface area contributed by atoms with Crippen LogP contribution in [0, 0.1) is 5.92 Å². The summed E-state index contributed by atoms with van der Waals surface area (Å²) in [7, 11) is -1.91.